The van der Waals surface area contributed by atoms with E-state index in [1.807, 2.05) is 6.07 Å². The van der Waals surface area contributed by atoms with Gasteiger partial charge in [0.15, 0.2) is 0 Å². The van der Waals surface area contributed by atoms with Gasteiger partial charge in [-0.25, -0.2) is 4.39 Å². The molecular weight excluding hydrogens is 276 g/mol. The molecule has 0 aromatic heterocycles. The second kappa shape index (κ2) is 5.49. The van der Waals surface area contributed by atoms with Crippen molar-refractivity contribution in [2.75, 3.05) is 6.54 Å². The zero-order valence-corrected chi connectivity index (χ0v) is 10.8. The zero-order chi connectivity index (χ0) is 15.6. The molecule has 1 amide bonds. The number of hydrogen-bond donors (Lipinski definition) is 1. The molecule has 0 aliphatic rings. The van der Waals surface area contributed by atoms with E-state index in [1.54, 1.807) is 13.8 Å². The minimum Gasteiger partial charge on any atom is -0.350 e. The molecule has 7 heteroatoms. The highest BCUT2D eigenvalue weighted by Gasteiger charge is 2.34. The SMILES string of the molecule is CC(C)(C#N)CNC(=O)c1ccc(F)c(C(F)(F)F)c1. The molecule has 1 N–H and O–H groups in total. The summed E-state index contributed by atoms with van der Waals surface area (Å²) in [7, 11) is 0. The average Bonchev–Trinajstić information content (AvgIpc) is 2.35. The summed E-state index contributed by atoms with van der Waals surface area (Å²) in [4.78, 5) is 11.7. The number of rotatable bonds is 3. The van der Waals surface area contributed by atoms with Crippen LogP contribution in [0.5, 0.6) is 0 Å². The number of nitrogens with one attached hydrogen (secondary N) is 1. The molecular formula is C13H12F4N2O. The number of benzene rings is 1. The maximum absolute atomic E-state index is 13.1. The molecule has 0 saturated heterocycles. The predicted octanol–water partition coefficient (Wildman–Crippen LogP) is 3.12. The summed E-state index contributed by atoms with van der Waals surface area (Å²) in [5, 5.41) is 11.1. The number of hydrogen-bond acceptors (Lipinski definition) is 2. The third-order valence-corrected chi connectivity index (χ3v) is 2.53. The molecule has 0 unspecified atom stereocenters. The maximum atomic E-state index is 13.1. The molecule has 0 heterocycles. The summed E-state index contributed by atoms with van der Waals surface area (Å²) in [5.74, 6) is -2.23. The normalized spacial score (nSPS) is 11.8. The van der Waals surface area contributed by atoms with E-state index >= 15 is 0 Å². The Bertz CT molecular complexity index is 558. The molecule has 0 aliphatic carbocycles. The van der Waals surface area contributed by atoms with Crippen LogP contribution in [0.4, 0.5) is 17.6 Å². The standard InChI is InChI=1S/C13H12F4N2O/c1-12(2,6-18)7-19-11(20)8-3-4-10(14)9(5-8)13(15,16)17/h3-5H,7H2,1-2H3,(H,19,20). The molecule has 108 valence electrons. The second-order valence-electron chi connectivity index (χ2n) is 4.87. The highest BCUT2D eigenvalue weighted by Crippen LogP contribution is 2.31. The molecule has 20 heavy (non-hydrogen) atoms. The summed E-state index contributed by atoms with van der Waals surface area (Å²) in [5.41, 5.74) is -2.65. The van der Waals surface area contributed by atoms with Crippen molar-refractivity contribution in [1.82, 2.24) is 5.32 Å². The first kappa shape index (κ1) is 16.0. The second-order valence-corrected chi connectivity index (χ2v) is 4.87. The third kappa shape index (κ3) is 3.95. The topological polar surface area (TPSA) is 52.9 Å². The van der Waals surface area contributed by atoms with Gasteiger partial charge in [0, 0.05) is 12.1 Å². The van der Waals surface area contributed by atoms with Gasteiger partial charge in [0.25, 0.3) is 5.91 Å². The number of alkyl halides is 3. The maximum Gasteiger partial charge on any atom is 0.419 e. The Morgan fingerprint density at radius 1 is 1.35 bits per heavy atom. The molecule has 1 rings (SSSR count). The van der Waals surface area contributed by atoms with Gasteiger partial charge in [0.05, 0.1) is 17.0 Å². The Balaban J connectivity index is 2.94. The lowest BCUT2D eigenvalue weighted by molar-refractivity contribution is -0.140. The number of nitrogens with zero attached hydrogens (tertiary/aromatic N) is 1. The van der Waals surface area contributed by atoms with Crippen molar-refractivity contribution in [3.05, 3.63) is 35.1 Å². The molecule has 0 aliphatic heterocycles. The van der Waals surface area contributed by atoms with Crippen molar-refractivity contribution >= 4 is 5.91 Å². The van der Waals surface area contributed by atoms with Crippen molar-refractivity contribution in [3.8, 4) is 6.07 Å². The van der Waals surface area contributed by atoms with E-state index < -0.39 is 28.9 Å². The van der Waals surface area contributed by atoms with E-state index in [-0.39, 0.29) is 12.1 Å². The van der Waals surface area contributed by atoms with Crippen molar-refractivity contribution in [2.45, 2.75) is 20.0 Å². The summed E-state index contributed by atoms with van der Waals surface area (Å²) >= 11 is 0. The van der Waals surface area contributed by atoms with Crippen molar-refractivity contribution in [3.63, 3.8) is 0 Å². The van der Waals surface area contributed by atoms with Gasteiger partial charge in [-0.2, -0.15) is 18.4 Å². The highest BCUT2D eigenvalue weighted by molar-refractivity contribution is 5.94. The van der Waals surface area contributed by atoms with Gasteiger partial charge in [-0.15, -0.1) is 0 Å². The molecule has 3 nitrogen and oxygen atoms in total. The molecule has 1 aromatic rings. The molecule has 0 spiro atoms. The number of halogens is 4. The Morgan fingerprint density at radius 2 is 1.95 bits per heavy atom. The Labute approximate surface area is 113 Å². The lowest BCUT2D eigenvalue weighted by atomic mass is 9.96. The summed E-state index contributed by atoms with van der Waals surface area (Å²) in [6, 6.07) is 3.93. The third-order valence-electron chi connectivity index (χ3n) is 2.53. The molecule has 1 aromatic carbocycles. The van der Waals surface area contributed by atoms with Crippen LogP contribution in [0.2, 0.25) is 0 Å². The van der Waals surface area contributed by atoms with Crippen LogP contribution in [0.15, 0.2) is 18.2 Å². The zero-order valence-electron chi connectivity index (χ0n) is 10.8. The fourth-order valence-electron chi connectivity index (χ4n) is 1.33. The van der Waals surface area contributed by atoms with Gasteiger partial charge in [-0.3, -0.25) is 4.79 Å². The summed E-state index contributed by atoms with van der Waals surface area (Å²) in [6.07, 6.45) is -4.87. The van der Waals surface area contributed by atoms with Crippen LogP contribution in [0.25, 0.3) is 0 Å². The van der Waals surface area contributed by atoms with Gasteiger partial charge >= 0.3 is 6.18 Å². The fourth-order valence-corrected chi connectivity index (χ4v) is 1.33. The highest BCUT2D eigenvalue weighted by atomic mass is 19.4. The van der Waals surface area contributed by atoms with Crippen LogP contribution in [0, 0.1) is 22.6 Å². The Kier molecular flexibility index (Phi) is 4.38. The minimum atomic E-state index is -4.87. The molecule has 0 bridgehead atoms. The van der Waals surface area contributed by atoms with E-state index in [4.69, 9.17) is 5.26 Å². The van der Waals surface area contributed by atoms with Crippen LogP contribution in [0.1, 0.15) is 29.8 Å². The van der Waals surface area contributed by atoms with Gasteiger partial charge in [-0.05, 0) is 32.0 Å². The Morgan fingerprint density at radius 3 is 2.45 bits per heavy atom. The molecule has 0 radical (unpaired) electrons. The van der Waals surface area contributed by atoms with E-state index in [9.17, 15) is 22.4 Å². The summed E-state index contributed by atoms with van der Waals surface area (Å²) in [6.45, 7) is 3.11. The first-order valence-corrected chi connectivity index (χ1v) is 5.63. The number of carbonyl (C=O) groups excluding carboxylic acids is 1. The van der Waals surface area contributed by atoms with Gasteiger partial charge in [0.1, 0.15) is 5.82 Å². The lowest BCUT2D eigenvalue weighted by Gasteiger charge is -2.16. The average molecular weight is 288 g/mol. The molecule has 0 saturated carbocycles. The van der Waals surface area contributed by atoms with Crippen LogP contribution in [0.3, 0.4) is 0 Å². The molecule has 0 fully saturated rings. The quantitative estimate of drug-likeness (QED) is 0.869. The van der Waals surface area contributed by atoms with E-state index in [1.165, 1.54) is 0 Å². The van der Waals surface area contributed by atoms with Crippen molar-refractivity contribution in [2.24, 2.45) is 5.41 Å². The monoisotopic (exact) mass is 288 g/mol. The van der Waals surface area contributed by atoms with Crippen LogP contribution in [-0.4, -0.2) is 12.5 Å². The number of nitriles is 1. The largest absolute Gasteiger partial charge is 0.419 e. The lowest BCUT2D eigenvalue weighted by Crippen LogP contribution is -2.33. The smallest absolute Gasteiger partial charge is 0.350 e. The van der Waals surface area contributed by atoms with E-state index in [0.717, 1.165) is 6.07 Å². The van der Waals surface area contributed by atoms with Crippen molar-refractivity contribution < 1.29 is 22.4 Å². The van der Waals surface area contributed by atoms with Crippen molar-refractivity contribution in [1.29, 1.82) is 5.26 Å². The van der Waals surface area contributed by atoms with E-state index in [2.05, 4.69) is 5.32 Å². The Hall–Kier alpha value is -2.10. The first-order chi connectivity index (χ1) is 9.07. The number of amides is 1. The van der Waals surface area contributed by atoms with E-state index in [0.29, 0.717) is 12.1 Å². The predicted molar refractivity (Wildman–Crippen MR) is 63.1 cm³/mol. The molecule has 0 atom stereocenters. The van der Waals surface area contributed by atoms with Gasteiger partial charge in [0.2, 0.25) is 0 Å². The van der Waals surface area contributed by atoms with Gasteiger partial charge < -0.3 is 5.32 Å². The fraction of sp³-hybridized carbons (Fsp3) is 0.385. The van der Waals surface area contributed by atoms with Crippen LogP contribution in [-0.2, 0) is 6.18 Å². The van der Waals surface area contributed by atoms with Crippen LogP contribution >= 0.6 is 0 Å². The van der Waals surface area contributed by atoms with Crippen LogP contribution < -0.4 is 5.32 Å². The summed E-state index contributed by atoms with van der Waals surface area (Å²) < 4.78 is 50.6. The number of carbonyl (C=O) groups is 1. The first-order valence-electron chi connectivity index (χ1n) is 5.63. The van der Waals surface area contributed by atoms with Gasteiger partial charge in [-0.1, -0.05) is 0 Å². The minimum absolute atomic E-state index is 0.0267.